The molecule has 2 amide bonds. The summed E-state index contributed by atoms with van der Waals surface area (Å²) in [4.78, 5) is 31.2. The molecule has 31 heavy (non-hydrogen) atoms. The lowest BCUT2D eigenvalue weighted by Gasteiger charge is -2.38. The van der Waals surface area contributed by atoms with E-state index in [0.717, 1.165) is 17.9 Å². The third-order valence-electron chi connectivity index (χ3n) is 6.83. The summed E-state index contributed by atoms with van der Waals surface area (Å²) in [5.74, 6) is 0.753. The van der Waals surface area contributed by atoms with Crippen LogP contribution in [0, 0.1) is 11.7 Å². The largest absolute Gasteiger partial charge is 0.494 e. The van der Waals surface area contributed by atoms with E-state index in [4.69, 9.17) is 4.74 Å². The lowest BCUT2D eigenvalue weighted by molar-refractivity contribution is -0.138. The molecule has 1 aliphatic heterocycles. The number of carbonyl (C=O) groups excluding carboxylic acids is 2. The molecule has 1 saturated heterocycles. The molecule has 0 spiro atoms. The molecule has 0 radical (unpaired) electrons. The number of carbonyl (C=O) groups is 2. The lowest BCUT2D eigenvalue weighted by Crippen LogP contribution is -2.55. The highest BCUT2D eigenvalue weighted by Crippen LogP contribution is 2.28. The molecule has 172 valence electrons. The Morgan fingerprint density at radius 2 is 1.87 bits per heavy atom. The van der Waals surface area contributed by atoms with Gasteiger partial charge in [0.15, 0.2) is 11.6 Å². The number of rotatable bonds is 8. The smallest absolute Gasteiger partial charge is 0.239 e. The maximum atomic E-state index is 13.9. The Morgan fingerprint density at radius 1 is 1.19 bits per heavy atom. The second kappa shape index (κ2) is 10.9. The van der Waals surface area contributed by atoms with Gasteiger partial charge in [-0.1, -0.05) is 31.7 Å². The van der Waals surface area contributed by atoms with Crippen LogP contribution in [0.3, 0.4) is 0 Å². The summed E-state index contributed by atoms with van der Waals surface area (Å²) in [5.41, 5.74) is 0.721. The van der Waals surface area contributed by atoms with Crippen LogP contribution in [0.5, 0.6) is 5.75 Å². The first-order valence-corrected chi connectivity index (χ1v) is 11.5. The number of ether oxygens (including phenoxy) is 1. The van der Waals surface area contributed by atoms with E-state index >= 15 is 0 Å². The van der Waals surface area contributed by atoms with Crippen molar-refractivity contribution in [3.8, 4) is 5.75 Å². The summed E-state index contributed by atoms with van der Waals surface area (Å²) in [7, 11) is 3.17. The number of halogens is 1. The third kappa shape index (κ3) is 6.19. The number of methoxy groups -OCH3 is 1. The summed E-state index contributed by atoms with van der Waals surface area (Å²) in [6, 6.07) is 4.48. The van der Waals surface area contributed by atoms with E-state index in [1.165, 1.54) is 38.9 Å². The van der Waals surface area contributed by atoms with Crippen molar-refractivity contribution < 1.29 is 18.7 Å². The number of likely N-dealkylation sites (N-methyl/N-ethyl adjacent to an activating group) is 1. The molecule has 1 saturated carbocycles. The summed E-state index contributed by atoms with van der Waals surface area (Å²) in [6.07, 6.45) is 6.84. The Balaban J connectivity index is 1.44. The zero-order valence-electron chi connectivity index (χ0n) is 19.1. The first-order chi connectivity index (χ1) is 14.9. The van der Waals surface area contributed by atoms with Crippen LogP contribution in [0.4, 0.5) is 4.39 Å². The van der Waals surface area contributed by atoms with Crippen molar-refractivity contribution in [2.24, 2.45) is 5.92 Å². The van der Waals surface area contributed by atoms with Gasteiger partial charge >= 0.3 is 0 Å². The zero-order valence-corrected chi connectivity index (χ0v) is 19.1. The minimum Gasteiger partial charge on any atom is -0.494 e. The van der Waals surface area contributed by atoms with E-state index in [1.54, 1.807) is 24.1 Å². The van der Waals surface area contributed by atoms with Gasteiger partial charge in [-0.05, 0) is 37.0 Å². The van der Waals surface area contributed by atoms with Gasteiger partial charge in [0.2, 0.25) is 11.8 Å². The van der Waals surface area contributed by atoms with Gasteiger partial charge in [0.25, 0.3) is 0 Å². The van der Waals surface area contributed by atoms with Crippen molar-refractivity contribution >= 4 is 11.8 Å². The molecular weight excluding hydrogens is 397 g/mol. The summed E-state index contributed by atoms with van der Waals surface area (Å²) >= 11 is 0. The van der Waals surface area contributed by atoms with Crippen molar-refractivity contribution in [1.29, 1.82) is 0 Å². The highest BCUT2D eigenvalue weighted by atomic mass is 19.1. The number of amides is 2. The van der Waals surface area contributed by atoms with Gasteiger partial charge in [0, 0.05) is 46.2 Å². The minimum atomic E-state index is -0.428. The maximum absolute atomic E-state index is 13.9. The Morgan fingerprint density at radius 3 is 2.48 bits per heavy atom. The fraction of sp³-hybridized carbons (Fsp3) is 0.667. The van der Waals surface area contributed by atoms with Crippen LogP contribution in [0.25, 0.3) is 0 Å². The average Bonchev–Trinajstić information content (AvgIpc) is 3.30. The number of hydrogen-bond donors (Lipinski definition) is 0. The highest BCUT2D eigenvalue weighted by Gasteiger charge is 2.29. The molecule has 1 aliphatic carbocycles. The SMILES string of the molecule is COc1ccc(CN(C)C(=O)C(C)N2CCN(C(=O)CCC3CCCC3)CC2)cc1F. The Hall–Kier alpha value is -2.15. The van der Waals surface area contributed by atoms with E-state index in [1.807, 2.05) is 11.8 Å². The summed E-state index contributed by atoms with van der Waals surface area (Å²) < 4.78 is 18.9. The van der Waals surface area contributed by atoms with Gasteiger partial charge in [-0.2, -0.15) is 0 Å². The van der Waals surface area contributed by atoms with Crippen molar-refractivity contribution in [2.45, 2.75) is 58.0 Å². The van der Waals surface area contributed by atoms with Crippen molar-refractivity contribution in [3.05, 3.63) is 29.6 Å². The molecule has 1 aromatic carbocycles. The van der Waals surface area contributed by atoms with Gasteiger partial charge in [-0.15, -0.1) is 0 Å². The molecule has 1 atom stereocenters. The number of nitrogens with zero attached hydrogens (tertiary/aromatic N) is 3. The molecule has 1 aromatic rings. The molecule has 0 N–H and O–H groups in total. The van der Waals surface area contributed by atoms with Crippen LogP contribution in [0.15, 0.2) is 18.2 Å². The van der Waals surface area contributed by atoms with Crippen molar-refractivity contribution in [3.63, 3.8) is 0 Å². The minimum absolute atomic E-state index is 0.00256. The number of benzene rings is 1. The van der Waals surface area contributed by atoms with E-state index in [9.17, 15) is 14.0 Å². The van der Waals surface area contributed by atoms with E-state index < -0.39 is 5.82 Å². The maximum Gasteiger partial charge on any atom is 0.239 e. The quantitative estimate of drug-likeness (QED) is 0.631. The molecule has 2 aliphatic rings. The van der Waals surface area contributed by atoms with Crippen LogP contribution in [0.2, 0.25) is 0 Å². The Kier molecular flexibility index (Phi) is 8.29. The fourth-order valence-corrected chi connectivity index (χ4v) is 4.78. The molecule has 1 unspecified atom stereocenters. The van der Waals surface area contributed by atoms with Crippen LogP contribution in [-0.4, -0.2) is 72.9 Å². The molecule has 7 heteroatoms. The molecule has 6 nitrogen and oxygen atoms in total. The van der Waals surface area contributed by atoms with Gasteiger partial charge < -0.3 is 14.5 Å². The van der Waals surface area contributed by atoms with E-state index in [-0.39, 0.29) is 23.6 Å². The van der Waals surface area contributed by atoms with Gasteiger partial charge in [0.05, 0.1) is 13.2 Å². The van der Waals surface area contributed by atoms with E-state index in [0.29, 0.717) is 39.1 Å². The normalized spacial score (nSPS) is 18.8. The Bertz CT molecular complexity index is 758. The van der Waals surface area contributed by atoms with Gasteiger partial charge in [-0.25, -0.2) is 4.39 Å². The van der Waals surface area contributed by atoms with Gasteiger partial charge in [0.1, 0.15) is 0 Å². The molecule has 0 bridgehead atoms. The third-order valence-corrected chi connectivity index (χ3v) is 6.83. The molecule has 1 heterocycles. The zero-order chi connectivity index (χ0) is 22.4. The average molecular weight is 434 g/mol. The second-order valence-electron chi connectivity index (χ2n) is 8.95. The number of piperazine rings is 1. The van der Waals surface area contributed by atoms with Crippen LogP contribution < -0.4 is 4.74 Å². The van der Waals surface area contributed by atoms with Crippen molar-refractivity contribution in [1.82, 2.24) is 14.7 Å². The summed E-state index contributed by atoms with van der Waals surface area (Å²) in [5, 5.41) is 0. The number of hydrogen-bond acceptors (Lipinski definition) is 4. The highest BCUT2D eigenvalue weighted by molar-refractivity contribution is 5.81. The predicted octanol–water partition coefficient (Wildman–Crippen LogP) is 3.30. The first-order valence-electron chi connectivity index (χ1n) is 11.5. The lowest BCUT2D eigenvalue weighted by atomic mass is 10.0. The van der Waals surface area contributed by atoms with Crippen LogP contribution >= 0.6 is 0 Å². The van der Waals surface area contributed by atoms with Gasteiger partial charge in [-0.3, -0.25) is 14.5 Å². The van der Waals surface area contributed by atoms with Crippen LogP contribution in [-0.2, 0) is 16.1 Å². The first kappa shape index (κ1) is 23.5. The fourth-order valence-electron chi connectivity index (χ4n) is 4.78. The standard InChI is InChI=1S/C24H36FN3O3/c1-18(24(30)26(2)17-20-8-10-22(31-3)21(25)16-20)27-12-14-28(15-13-27)23(29)11-9-19-6-4-5-7-19/h8,10,16,18-19H,4-7,9,11-15,17H2,1-3H3. The molecule has 3 rings (SSSR count). The predicted molar refractivity (Wildman–Crippen MR) is 118 cm³/mol. The molecular formula is C24H36FN3O3. The van der Waals surface area contributed by atoms with Crippen LogP contribution in [0.1, 0.15) is 51.0 Å². The summed E-state index contributed by atoms with van der Waals surface area (Å²) in [6.45, 7) is 5.00. The monoisotopic (exact) mass is 433 g/mol. The second-order valence-corrected chi connectivity index (χ2v) is 8.95. The molecule has 2 fully saturated rings. The topological polar surface area (TPSA) is 53.1 Å². The molecule has 0 aromatic heterocycles. The van der Waals surface area contributed by atoms with Crippen molar-refractivity contribution in [2.75, 3.05) is 40.3 Å². The van der Waals surface area contributed by atoms with E-state index in [2.05, 4.69) is 4.90 Å². The Labute approximate surface area is 185 Å².